The molecule has 0 unspecified atom stereocenters. The van der Waals surface area contributed by atoms with Gasteiger partial charge in [-0.15, -0.1) is 0 Å². The van der Waals surface area contributed by atoms with Crippen molar-refractivity contribution < 1.29 is 4.57 Å². The molecule has 1 aromatic heterocycles. The highest BCUT2D eigenvalue weighted by Gasteiger charge is 2.28. The van der Waals surface area contributed by atoms with Crippen molar-refractivity contribution in [2.45, 2.75) is 19.4 Å². The number of hydrogen-bond donors (Lipinski definition) is 0. The minimum Gasteiger partial charge on any atom is -0.194 e. The molecule has 13 heavy (non-hydrogen) atoms. The van der Waals surface area contributed by atoms with Crippen molar-refractivity contribution in [3.63, 3.8) is 0 Å². The molecule has 0 aromatic carbocycles. The molecule has 1 aliphatic carbocycles. The van der Waals surface area contributed by atoms with E-state index in [1.165, 1.54) is 29.7 Å². The van der Waals surface area contributed by atoms with Crippen LogP contribution in [0.1, 0.15) is 18.5 Å². The van der Waals surface area contributed by atoms with Crippen molar-refractivity contribution >= 4 is 5.57 Å². The van der Waals surface area contributed by atoms with Crippen molar-refractivity contribution in [1.29, 1.82) is 0 Å². The van der Waals surface area contributed by atoms with Gasteiger partial charge in [0.25, 0.3) is 0 Å². The predicted molar refractivity (Wildman–Crippen MR) is 51.9 cm³/mol. The fraction of sp³-hybridized carbons (Fsp3) is 0.250. The van der Waals surface area contributed by atoms with Crippen LogP contribution in [-0.4, -0.2) is 0 Å². The predicted octanol–water partition coefficient (Wildman–Crippen LogP) is 2.09. The van der Waals surface area contributed by atoms with E-state index in [0.717, 1.165) is 6.54 Å². The van der Waals surface area contributed by atoms with Gasteiger partial charge in [0.05, 0.1) is 5.57 Å². The minimum atomic E-state index is 1.07. The lowest BCUT2D eigenvalue weighted by molar-refractivity contribution is -0.684. The lowest BCUT2D eigenvalue weighted by Crippen LogP contribution is -2.31. The maximum atomic E-state index is 2.38. The second kappa shape index (κ2) is 2.56. The van der Waals surface area contributed by atoms with Crippen LogP contribution in [0.2, 0.25) is 0 Å². The molecule has 0 amide bonds. The number of fused-ring (bicyclic) bond motifs is 3. The lowest BCUT2D eigenvalue weighted by Gasteiger charge is -2.01. The summed E-state index contributed by atoms with van der Waals surface area (Å²) < 4.78 is 2.32. The normalized spacial score (nSPS) is 18.8. The summed E-state index contributed by atoms with van der Waals surface area (Å²) in [4.78, 5) is 0. The number of pyridine rings is 1. The van der Waals surface area contributed by atoms with Gasteiger partial charge in [-0.05, 0) is 18.9 Å². The van der Waals surface area contributed by atoms with Crippen LogP contribution in [0.5, 0.6) is 0 Å². The highest BCUT2D eigenvalue weighted by atomic mass is 15.0. The largest absolute Gasteiger partial charge is 0.212 e. The van der Waals surface area contributed by atoms with Crippen molar-refractivity contribution in [3.05, 3.63) is 47.8 Å². The Labute approximate surface area is 78.0 Å². The Balaban J connectivity index is 2.22. The first-order valence-electron chi connectivity index (χ1n) is 4.83. The topological polar surface area (TPSA) is 3.88 Å². The highest BCUT2D eigenvalue weighted by molar-refractivity contribution is 5.77. The van der Waals surface area contributed by atoms with Crippen LogP contribution in [0.15, 0.2) is 42.1 Å². The van der Waals surface area contributed by atoms with Gasteiger partial charge in [0, 0.05) is 17.7 Å². The highest BCUT2D eigenvalue weighted by Crippen LogP contribution is 2.30. The fourth-order valence-electron chi connectivity index (χ4n) is 2.19. The molecule has 0 fully saturated rings. The molecule has 0 saturated heterocycles. The number of aromatic nitrogens is 1. The zero-order chi connectivity index (χ0) is 8.67. The molecule has 0 N–H and O–H groups in total. The second-order valence-corrected chi connectivity index (χ2v) is 3.64. The Bertz CT molecular complexity index is 413. The summed E-state index contributed by atoms with van der Waals surface area (Å²) in [5.41, 5.74) is 4.36. The Morgan fingerprint density at radius 1 is 1.08 bits per heavy atom. The van der Waals surface area contributed by atoms with E-state index in [-0.39, 0.29) is 0 Å². The SMILES string of the molecule is C1=C2C[n+]3ccccc3C2=CCC1. The van der Waals surface area contributed by atoms with E-state index in [1.807, 2.05) is 0 Å². The van der Waals surface area contributed by atoms with E-state index >= 15 is 0 Å². The van der Waals surface area contributed by atoms with E-state index in [2.05, 4.69) is 41.1 Å². The molecule has 0 bridgehead atoms. The summed E-state index contributed by atoms with van der Waals surface area (Å²) in [6, 6.07) is 6.42. The molecular formula is C12H12N+. The molecular weight excluding hydrogens is 158 g/mol. The van der Waals surface area contributed by atoms with Gasteiger partial charge in [0.1, 0.15) is 0 Å². The Kier molecular flexibility index (Phi) is 1.39. The van der Waals surface area contributed by atoms with Crippen LogP contribution in [0.3, 0.4) is 0 Å². The van der Waals surface area contributed by atoms with Crippen LogP contribution < -0.4 is 4.57 Å². The minimum absolute atomic E-state index is 1.07. The average molecular weight is 170 g/mol. The third-order valence-electron chi connectivity index (χ3n) is 2.81. The van der Waals surface area contributed by atoms with Gasteiger partial charge in [-0.3, -0.25) is 0 Å². The van der Waals surface area contributed by atoms with Gasteiger partial charge >= 0.3 is 0 Å². The zero-order valence-electron chi connectivity index (χ0n) is 7.53. The molecule has 0 spiro atoms. The maximum Gasteiger partial charge on any atom is 0.212 e. The Morgan fingerprint density at radius 3 is 3.00 bits per heavy atom. The molecule has 1 nitrogen and oxygen atoms in total. The van der Waals surface area contributed by atoms with Crippen LogP contribution in [0.25, 0.3) is 5.57 Å². The molecule has 1 aliphatic heterocycles. The summed E-state index contributed by atoms with van der Waals surface area (Å²) >= 11 is 0. The zero-order valence-corrected chi connectivity index (χ0v) is 7.53. The fourth-order valence-corrected chi connectivity index (χ4v) is 2.19. The molecule has 0 saturated carbocycles. The third kappa shape index (κ3) is 0.966. The first-order valence-corrected chi connectivity index (χ1v) is 4.83. The van der Waals surface area contributed by atoms with Gasteiger partial charge < -0.3 is 0 Å². The van der Waals surface area contributed by atoms with E-state index in [4.69, 9.17) is 0 Å². The molecule has 2 heterocycles. The molecule has 64 valence electrons. The second-order valence-electron chi connectivity index (χ2n) is 3.64. The number of allylic oxidation sites excluding steroid dienone is 4. The van der Waals surface area contributed by atoms with E-state index in [0.29, 0.717) is 0 Å². The summed E-state index contributed by atoms with van der Waals surface area (Å²) in [6.45, 7) is 1.07. The van der Waals surface area contributed by atoms with Crippen molar-refractivity contribution in [1.82, 2.24) is 0 Å². The summed E-state index contributed by atoms with van der Waals surface area (Å²) in [5.74, 6) is 0. The number of nitrogens with zero attached hydrogens (tertiary/aromatic N) is 1. The smallest absolute Gasteiger partial charge is 0.194 e. The summed E-state index contributed by atoms with van der Waals surface area (Å²) in [7, 11) is 0. The van der Waals surface area contributed by atoms with Crippen molar-refractivity contribution in [3.8, 4) is 0 Å². The Hall–Kier alpha value is -1.37. The van der Waals surface area contributed by atoms with Gasteiger partial charge in [0.15, 0.2) is 12.7 Å². The van der Waals surface area contributed by atoms with Crippen LogP contribution in [0.4, 0.5) is 0 Å². The molecule has 1 heteroatoms. The number of hydrogen-bond acceptors (Lipinski definition) is 0. The van der Waals surface area contributed by atoms with Gasteiger partial charge in [-0.1, -0.05) is 12.2 Å². The maximum absolute atomic E-state index is 2.38. The van der Waals surface area contributed by atoms with Crippen LogP contribution in [-0.2, 0) is 6.54 Å². The lowest BCUT2D eigenvalue weighted by atomic mass is 9.98. The number of rotatable bonds is 0. The molecule has 0 atom stereocenters. The molecule has 1 aromatic rings. The average Bonchev–Trinajstić information content (AvgIpc) is 2.56. The van der Waals surface area contributed by atoms with Gasteiger partial charge in [-0.2, -0.15) is 4.57 Å². The van der Waals surface area contributed by atoms with E-state index in [1.54, 1.807) is 0 Å². The molecule has 2 aliphatic rings. The molecule has 3 rings (SSSR count). The van der Waals surface area contributed by atoms with Gasteiger partial charge in [-0.25, -0.2) is 0 Å². The first kappa shape index (κ1) is 7.07. The van der Waals surface area contributed by atoms with Gasteiger partial charge in [0.2, 0.25) is 5.69 Å². The van der Waals surface area contributed by atoms with E-state index < -0.39 is 0 Å². The molecule has 0 radical (unpaired) electrons. The van der Waals surface area contributed by atoms with Crippen LogP contribution in [0, 0.1) is 0 Å². The Morgan fingerprint density at radius 2 is 2.00 bits per heavy atom. The summed E-state index contributed by atoms with van der Waals surface area (Å²) in [5, 5.41) is 0. The van der Waals surface area contributed by atoms with Crippen molar-refractivity contribution in [2.24, 2.45) is 0 Å². The standard InChI is InChI=1S/C12H12N/c1-2-6-11-10(5-1)9-13-8-4-3-7-12(11)13/h3-8H,1-2,9H2/q+1. The summed E-state index contributed by atoms with van der Waals surface area (Å²) in [6.07, 6.45) is 9.33. The van der Waals surface area contributed by atoms with Crippen LogP contribution >= 0.6 is 0 Å². The monoisotopic (exact) mass is 170 g/mol. The quantitative estimate of drug-likeness (QED) is 0.525. The van der Waals surface area contributed by atoms with E-state index in [9.17, 15) is 0 Å². The van der Waals surface area contributed by atoms with Crippen molar-refractivity contribution in [2.75, 3.05) is 0 Å². The first-order chi connectivity index (χ1) is 6.45. The third-order valence-corrected chi connectivity index (χ3v) is 2.81.